The van der Waals surface area contributed by atoms with E-state index in [1.54, 1.807) is 24.4 Å². The molecule has 0 atom stereocenters. The monoisotopic (exact) mass is 241 g/mol. The lowest BCUT2D eigenvalue weighted by atomic mass is 10.0. The number of ketones is 1. The predicted molar refractivity (Wildman–Crippen MR) is 66.3 cm³/mol. The second kappa shape index (κ2) is 5.23. The van der Waals surface area contributed by atoms with Crippen molar-refractivity contribution < 1.29 is 14.7 Å². The molecular formula is C14H11NO3. The highest BCUT2D eigenvalue weighted by molar-refractivity contribution is 6.06. The van der Waals surface area contributed by atoms with Crippen LogP contribution in [0.4, 0.5) is 0 Å². The first-order chi connectivity index (χ1) is 8.66. The summed E-state index contributed by atoms with van der Waals surface area (Å²) in [4.78, 5) is 26.3. The van der Waals surface area contributed by atoms with Gasteiger partial charge in [-0.05, 0) is 18.2 Å². The normalized spacial score (nSPS) is 10.0. The van der Waals surface area contributed by atoms with Crippen molar-refractivity contribution >= 4 is 11.8 Å². The van der Waals surface area contributed by atoms with E-state index in [0.29, 0.717) is 5.56 Å². The van der Waals surface area contributed by atoms with Gasteiger partial charge in [-0.2, -0.15) is 0 Å². The van der Waals surface area contributed by atoms with Gasteiger partial charge >= 0.3 is 5.97 Å². The minimum Gasteiger partial charge on any atom is -0.481 e. The fourth-order valence-electron chi connectivity index (χ4n) is 1.62. The molecule has 0 radical (unpaired) electrons. The van der Waals surface area contributed by atoms with Crippen molar-refractivity contribution in [3.8, 4) is 11.3 Å². The first kappa shape index (κ1) is 12.0. The number of rotatable bonds is 4. The molecule has 0 saturated heterocycles. The molecular weight excluding hydrogens is 230 g/mol. The maximum atomic E-state index is 11.6. The standard InChI is InChI=1S/C14H11NO3/c16-13(9-14(17)18)11-5-3-4-10(8-11)12-6-1-2-7-15-12/h1-8H,9H2,(H,17,18). The third-order valence-electron chi connectivity index (χ3n) is 2.46. The number of carbonyl (C=O) groups is 2. The van der Waals surface area contributed by atoms with Crippen molar-refractivity contribution in [2.24, 2.45) is 0 Å². The Morgan fingerprint density at radius 1 is 1.11 bits per heavy atom. The van der Waals surface area contributed by atoms with E-state index in [4.69, 9.17) is 5.11 Å². The van der Waals surface area contributed by atoms with Gasteiger partial charge in [-0.15, -0.1) is 0 Å². The zero-order valence-corrected chi connectivity index (χ0v) is 9.54. The topological polar surface area (TPSA) is 67.3 Å². The van der Waals surface area contributed by atoms with Crippen molar-refractivity contribution in [1.29, 1.82) is 0 Å². The zero-order chi connectivity index (χ0) is 13.0. The molecule has 18 heavy (non-hydrogen) atoms. The van der Waals surface area contributed by atoms with Crippen LogP contribution in [0.15, 0.2) is 48.7 Å². The number of hydrogen-bond acceptors (Lipinski definition) is 3. The minimum atomic E-state index is -1.12. The quantitative estimate of drug-likeness (QED) is 0.659. The van der Waals surface area contributed by atoms with Crippen molar-refractivity contribution in [3.63, 3.8) is 0 Å². The van der Waals surface area contributed by atoms with Crippen molar-refractivity contribution in [2.45, 2.75) is 6.42 Å². The van der Waals surface area contributed by atoms with Gasteiger partial charge in [0.05, 0.1) is 5.69 Å². The van der Waals surface area contributed by atoms with Crippen LogP contribution in [0.25, 0.3) is 11.3 Å². The molecule has 4 heteroatoms. The lowest BCUT2D eigenvalue weighted by Gasteiger charge is -2.03. The molecule has 0 amide bonds. The fourth-order valence-corrected chi connectivity index (χ4v) is 1.62. The van der Waals surface area contributed by atoms with Gasteiger partial charge in [-0.3, -0.25) is 14.6 Å². The number of benzene rings is 1. The summed E-state index contributed by atoms with van der Waals surface area (Å²) in [7, 11) is 0. The smallest absolute Gasteiger partial charge is 0.311 e. The number of hydrogen-bond donors (Lipinski definition) is 1. The van der Waals surface area contributed by atoms with Gasteiger partial charge in [-0.1, -0.05) is 24.3 Å². The molecule has 2 aromatic rings. The number of carboxylic acids is 1. The number of Topliss-reactive ketones (excluding diaryl/α,β-unsaturated/α-hetero) is 1. The van der Waals surface area contributed by atoms with Crippen molar-refractivity contribution in [2.75, 3.05) is 0 Å². The number of aliphatic carboxylic acids is 1. The molecule has 2 rings (SSSR count). The first-order valence-electron chi connectivity index (χ1n) is 5.43. The van der Waals surface area contributed by atoms with Crippen molar-refractivity contribution in [1.82, 2.24) is 4.98 Å². The van der Waals surface area contributed by atoms with E-state index in [9.17, 15) is 9.59 Å². The Hall–Kier alpha value is -2.49. The molecule has 0 aliphatic heterocycles. The average molecular weight is 241 g/mol. The van der Waals surface area contributed by atoms with Gasteiger partial charge in [0.25, 0.3) is 0 Å². The zero-order valence-electron chi connectivity index (χ0n) is 9.54. The molecule has 0 saturated carbocycles. The average Bonchev–Trinajstić information content (AvgIpc) is 2.39. The summed E-state index contributed by atoms with van der Waals surface area (Å²) >= 11 is 0. The molecule has 1 N–H and O–H groups in total. The summed E-state index contributed by atoms with van der Waals surface area (Å²) < 4.78 is 0. The van der Waals surface area contributed by atoms with Crippen LogP contribution >= 0.6 is 0 Å². The molecule has 0 spiro atoms. The van der Waals surface area contributed by atoms with Gasteiger partial charge in [0.2, 0.25) is 0 Å². The Labute approximate surface area is 104 Å². The number of nitrogens with zero attached hydrogens (tertiary/aromatic N) is 1. The van der Waals surface area contributed by atoms with Crippen LogP contribution in [0.1, 0.15) is 16.8 Å². The second-order valence-electron chi connectivity index (χ2n) is 3.79. The fraction of sp³-hybridized carbons (Fsp3) is 0.0714. The number of pyridine rings is 1. The van der Waals surface area contributed by atoms with E-state index in [1.165, 1.54) is 0 Å². The van der Waals surface area contributed by atoms with Gasteiger partial charge < -0.3 is 5.11 Å². The summed E-state index contributed by atoms with van der Waals surface area (Å²) in [6.45, 7) is 0. The highest BCUT2D eigenvalue weighted by Crippen LogP contribution is 2.18. The van der Waals surface area contributed by atoms with E-state index in [-0.39, 0.29) is 0 Å². The van der Waals surface area contributed by atoms with Crippen LogP contribution in [-0.4, -0.2) is 21.8 Å². The maximum Gasteiger partial charge on any atom is 0.311 e. The Morgan fingerprint density at radius 3 is 2.61 bits per heavy atom. The lowest BCUT2D eigenvalue weighted by molar-refractivity contribution is -0.135. The molecule has 90 valence electrons. The summed E-state index contributed by atoms with van der Waals surface area (Å²) in [5.41, 5.74) is 1.94. The molecule has 0 aliphatic rings. The maximum absolute atomic E-state index is 11.6. The van der Waals surface area contributed by atoms with Crippen LogP contribution < -0.4 is 0 Å². The molecule has 1 aromatic heterocycles. The van der Waals surface area contributed by atoms with Crippen LogP contribution in [0, 0.1) is 0 Å². The largest absolute Gasteiger partial charge is 0.481 e. The summed E-state index contributed by atoms with van der Waals surface area (Å²) in [6, 6.07) is 12.3. The van der Waals surface area contributed by atoms with Gasteiger partial charge in [0.1, 0.15) is 6.42 Å². The SMILES string of the molecule is O=C(O)CC(=O)c1cccc(-c2ccccn2)c1. The van der Waals surface area contributed by atoms with Gasteiger partial charge in [-0.25, -0.2) is 0 Å². The number of aromatic nitrogens is 1. The molecule has 1 heterocycles. The highest BCUT2D eigenvalue weighted by atomic mass is 16.4. The Kier molecular flexibility index (Phi) is 3.48. The Bertz CT molecular complexity index is 579. The molecule has 0 unspecified atom stereocenters. The molecule has 4 nitrogen and oxygen atoms in total. The third-order valence-corrected chi connectivity index (χ3v) is 2.46. The van der Waals surface area contributed by atoms with E-state index in [2.05, 4.69) is 4.98 Å². The van der Waals surface area contributed by atoms with Crippen LogP contribution in [0.3, 0.4) is 0 Å². The van der Waals surface area contributed by atoms with E-state index >= 15 is 0 Å². The van der Waals surface area contributed by atoms with E-state index < -0.39 is 18.2 Å². The molecule has 1 aromatic carbocycles. The first-order valence-corrected chi connectivity index (χ1v) is 5.43. The third kappa shape index (κ3) is 2.79. The van der Waals surface area contributed by atoms with Crippen LogP contribution in [0.2, 0.25) is 0 Å². The molecule has 0 fully saturated rings. The predicted octanol–water partition coefficient (Wildman–Crippen LogP) is 2.41. The molecule has 0 aliphatic carbocycles. The minimum absolute atomic E-state index is 0.389. The van der Waals surface area contributed by atoms with Gasteiger partial charge in [0, 0.05) is 17.3 Å². The summed E-state index contributed by atoms with van der Waals surface area (Å²) in [6.07, 6.45) is 1.17. The Morgan fingerprint density at radius 2 is 1.94 bits per heavy atom. The van der Waals surface area contributed by atoms with E-state index in [0.717, 1.165) is 11.3 Å². The van der Waals surface area contributed by atoms with Crippen LogP contribution in [0.5, 0.6) is 0 Å². The Balaban J connectivity index is 2.31. The number of carbonyl (C=O) groups excluding carboxylic acids is 1. The van der Waals surface area contributed by atoms with Gasteiger partial charge in [0.15, 0.2) is 5.78 Å². The van der Waals surface area contributed by atoms with E-state index in [1.807, 2.05) is 24.3 Å². The lowest BCUT2D eigenvalue weighted by Crippen LogP contribution is -2.06. The van der Waals surface area contributed by atoms with Crippen molar-refractivity contribution in [3.05, 3.63) is 54.2 Å². The summed E-state index contributed by atoms with van der Waals surface area (Å²) in [5.74, 6) is -1.52. The second-order valence-corrected chi connectivity index (χ2v) is 3.79. The summed E-state index contributed by atoms with van der Waals surface area (Å²) in [5, 5.41) is 8.60. The highest BCUT2D eigenvalue weighted by Gasteiger charge is 2.11. The van der Waals surface area contributed by atoms with Crippen LogP contribution in [-0.2, 0) is 4.79 Å². The number of carboxylic acid groups (broad SMARTS) is 1. The molecule has 0 bridgehead atoms.